The van der Waals surface area contributed by atoms with Gasteiger partial charge in [-0.05, 0) is 73.4 Å². The Morgan fingerprint density at radius 2 is 1.97 bits per heavy atom. The average molecular weight is 446 g/mol. The van der Waals surface area contributed by atoms with Crippen LogP contribution in [0.2, 0.25) is 0 Å². The van der Waals surface area contributed by atoms with E-state index in [4.69, 9.17) is 9.47 Å². The molecule has 0 spiro atoms. The SMILES string of the molecule is C=C1CCC2C(C)(C)[C@H](O)CC[C@@]2(C)[C@@H]1COc1ccc(CCCNCCOC)c(O)c1. The van der Waals surface area contributed by atoms with E-state index in [0.29, 0.717) is 30.6 Å². The number of fused-ring (bicyclic) bond motifs is 1. The molecular weight excluding hydrogens is 402 g/mol. The highest BCUT2D eigenvalue weighted by atomic mass is 16.5. The number of methoxy groups -OCH3 is 1. The second-order valence-corrected chi connectivity index (χ2v) is 10.6. The zero-order chi connectivity index (χ0) is 23.4. The van der Waals surface area contributed by atoms with Crippen LogP contribution in [0, 0.1) is 22.7 Å². The van der Waals surface area contributed by atoms with Gasteiger partial charge in [0.1, 0.15) is 11.5 Å². The van der Waals surface area contributed by atoms with Crippen molar-refractivity contribution in [3.8, 4) is 11.5 Å². The third-order valence-electron chi connectivity index (χ3n) is 8.31. The fraction of sp³-hybridized carbons (Fsp3) is 0.704. The number of phenols is 1. The summed E-state index contributed by atoms with van der Waals surface area (Å²) in [5.74, 6) is 1.71. The van der Waals surface area contributed by atoms with Crippen molar-refractivity contribution in [1.82, 2.24) is 5.32 Å². The quantitative estimate of drug-likeness (QED) is 0.359. The molecule has 2 aliphatic rings. The molecule has 32 heavy (non-hydrogen) atoms. The summed E-state index contributed by atoms with van der Waals surface area (Å²) in [6.45, 7) is 14.2. The van der Waals surface area contributed by atoms with Crippen molar-refractivity contribution in [3.63, 3.8) is 0 Å². The molecule has 0 aliphatic heterocycles. The van der Waals surface area contributed by atoms with E-state index in [1.54, 1.807) is 13.2 Å². The molecule has 4 atom stereocenters. The molecule has 1 aromatic rings. The molecule has 0 heterocycles. The van der Waals surface area contributed by atoms with Gasteiger partial charge in [-0.15, -0.1) is 0 Å². The smallest absolute Gasteiger partial charge is 0.123 e. The largest absolute Gasteiger partial charge is 0.508 e. The van der Waals surface area contributed by atoms with Crippen molar-refractivity contribution >= 4 is 0 Å². The van der Waals surface area contributed by atoms with Crippen LogP contribution in [-0.4, -0.2) is 49.7 Å². The minimum absolute atomic E-state index is 0.0792. The fourth-order valence-electron chi connectivity index (χ4n) is 6.20. The van der Waals surface area contributed by atoms with E-state index in [9.17, 15) is 10.2 Å². The van der Waals surface area contributed by atoms with Gasteiger partial charge in [-0.2, -0.15) is 0 Å². The van der Waals surface area contributed by atoms with E-state index in [2.05, 4.69) is 32.7 Å². The Labute approximate surface area is 194 Å². The van der Waals surface area contributed by atoms with E-state index in [1.807, 2.05) is 12.1 Å². The van der Waals surface area contributed by atoms with Crippen LogP contribution in [0.3, 0.4) is 0 Å². The maximum Gasteiger partial charge on any atom is 0.123 e. The average Bonchev–Trinajstić information content (AvgIpc) is 2.74. The minimum atomic E-state index is -0.242. The van der Waals surface area contributed by atoms with Crippen molar-refractivity contribution in [2.45, 2.75) is 65.4 Å². The van der Waals surface area contributed by atoms with E-state index in [1.165, 1.54) is 5.57 Å². The summed E-state index contributed by atoms with van der Waals surface area (Å²) >= 11 is 0. The van der Waals surface area contributed by atoms with Crippen molar-refractivity contribution in [3.05, 3.63) is 35.9 Å². The van der Waals surface area contributed by atoms with Gasteiger partial charge in [0.05, 0.1) is 19.3 Å². The molecule has 2 fully saturated rings. The Morgan fingerprint density at radius 1 is 1.19 bits per heavy atom. The summed E-state index contributed by atoms with van der Waals surface area (Å²) in [4.78, 5) is 0. The summed E-state index contributed by atoms with van der Waals surface area (Å²) in [6, 6.07) is 5.68. The van der Waals surface area contributed by atoms with Gasteiger partial charge in [-0.1, -0.05) is 39.0 Å². The topological polar surface area (TPSA) is 71.0 Å². The first kappa shape index (κ1) is 25.1. The van der Waals surface area contributed by atoms with Crippen LogP contribution in [0.15, 0.2) is 30.4 Å². The number of aromatic hydroxyl groups is 1. The Bertz CT molecular complexity index is 777. The summed E-state index contributed by atoms with van der Waals surface area (Å²) < 4.78 is 11.3. The van der Waals surface area contributed by atoms with Crippen molar-refractivity contribution < 1.29 is 19.7 Å². The third kappa shape index (κ3) is 5.32. The maximum absolute atomic E-state index is 10.6. The molecule has 0 saturated heterocycles. The van der Waals surface area contributed by atoms with Gasteiger partial charge < -0.3 is 25.0 Å². The number of benzene rings is 1. The van der Waals surface area contributed by atoms with Crippen LogP contribution in [0.1, 0.15) is 58.4 Å². The predicted molar refractivity (Wildman–Crippen MR) is 129 cm³/mol. The molecule has 0 amide bonds. The Morgan fingerprint density at radius 3 is 2.69 bits per heavy atom. The highest BCUT2D eigenvalue weighted by Crippen LogP contribution is 2.60. The molecule has 1 aromatic carbocycles. The molecule has 1 unspecified atom stereocenters. The normalized spacial score (nSPS) is 29.5. The second kappa shape index (κ2) is 10.6. The van der Waals surface area contributed by atoms with Crippen LogP contribution in [-0.2, 0) is 11.2 Å². The first-order chi connectivity index (χ1) is 15.2. The van der Waals surface area contributed by atoms with Crippen LogP contribution >= 0.6 is 0 Å². The minimum Gasteiger partial charge on any atom is -0.508 e. The van der Waals surface area contributed by atoms with E-state index >= 15 is 0 Å². The second-order valence-electron chi connectivity index (χ2n) is 10.6. The van der Waals surface area contributed by atoms with Gasteiger partial charge in [0.2, 0.25) is 0 Å². The molecule has 5 nitrogen and oxygen atoms in total. The van der Waals surface area contributed by atoms with Crippen LogP contribution in [0.25, 0.3) is 0 Å². The zero-order valence-electron chi connectivity index (χ0n) is 20.5. The fourth-order valence-corrected chi connectivity index (χ4v) is 6.20. The number of hydrogen-bond acceptors (Lipinski definition) is 5. The molecule has 0 radical (unpaired) electrons. The lowest BCUT2D eigenvalue weighted by Gasteiger charge is -2.59. The van der Waals surface area contributed by atoms with E-state index in [-0.39, 0.29) is 22.9 Å². The van der Waals surface area contributed by atoms with Gasteiger partial charge >= 0.3 is 0 Å². The van der Waals surface area contributed by atoms with Crippen LogP contribution in [0.5, 0.6) is 11.5 Å². The maximum atomic E-state index is 10.6. The first-order valence-electron chi connectivity index (χ1n) is 12.2. The lowest BCUT2D eigenvalue weighted by atomic mass is 9.47. The number of aliphatic hydroxyl groups excluding tert-OH is 1. The highest BCUT2D eigenvalue weighted by Gasteiger charge is 2.56. The number of hydrogen-bond donors (Lipinski definition) is 3. The van der Waals surface area contributed by atoms with Crippen LogP contribution < -0.4 is 10.1 Å². The number of aryl methyl sites for hydroxylation is 1. The summed E-state index contributed by atoms with van der Waals surface area (Å²) in [7, 11) is 1.70. The molecule has 0 aromatic heterocycles. The van der Waals surface area contributed by atoms with Crippen LogP contribution in [0.4, 0.5) is 0 Å². The van der Waals surface area contributed by atoms with Gasteiger partial charge in [-0.25, -0.2) is 0 Å². The van der Waals surface area contributed by atoms with Gasteiger partial charge in [0.25, 0.3) is 0 Å². The van der Waals surface area contributed by atoms with Gasteiger partial charge in [0, 0.05) is 25.6 Å². The summed E-state index contributed by atoms with van der Waals surface area (Å²) in [6.07, 6.45) is 5.45. The lowest BCUT2D eigenvalue weighted by Crippen LogP contribution is -2.55. The molecule has 2 saturated carbocycles. The molecular formula is C27H43NO4. The lowest BCUT2D eigenvalue weighted by molar-refractivity contribution is -0.128. The molecule has 3 rings (SSSR count). The van der Waals surface area contributed by atoms with E-state index < -0.39 is 0 Å². The van der Waals surface area contributed by atoms with Gasteiger partial charge in [0.15, 0.2) is 0 Å². The number of rotatable bonds is 10. The number of ether oxygens (including phenoxy) is 2. The van der Waals surface area contributed by atoms with Crippen molar-refractivity contribution in [2.24, 2.45) is 22.7 Å². The van der Waals surface area contributed by atoms with Crippen molar-refractivity contribution in [2.75, 3.05) is 33.4 Å². The molecule has 180 valence electrons. The first-order valence-corrected chi connectivity index (χ1v) is 12.2. The van der Waals surface area contributed by atoms with Gasteiger partial charge in [-0.3, -0.25) is 0 Å². The molecule has 0 bridgehead atoms. The number of phenolic OH excluding ortho intramolecular Hbond substituents is 1. The predicted octanol–water partition coefficient (Wildman–Crippen LogP) is 4.71. The highest BCUT2D eigenvalue weighted by molar-refractivity contribution is 5.39. The third-order valence-corrected chi connectivity index (χ3v) is 8.31. The Hall–Kier alpha value is -1.56. The summed E-state index contributed by atoms with van der Waals surface area (Å²) in [5, 5.41) is 24.5. The Balaban J connectivity index is 1.59. The zero-order valence-corrected chi connectivity index (χ0v) is 20.5. The number of aliphatic hydroxyl groups is 1. The standard InChI is InChI=1S/C27H43NO4/c1-19-8-11-24-26(2,3)25(30)12-13-27(24,4)22(19)18-32-21-10-9-20(23(29)17-21)7-6-14-28-15-16-31-5/h9-10,17,22,24-25,28-30H,1,6-8,11-16,18H2,2-5H3/t22-,24?,25-,27+/m1/s1. The Kier molecular flexibility index (Phi) is 8.29. The molecule has 3 N–H and O–H groups in total. The number of nitrogens with one attached hydrogen (secondary N) is 1. The van der Waals surface area contributed by atoms with E-state index in [0.717, 1.165) is 57.2 Å². The molecule has 2 aliphatic carbocycles. The summed E-state index contributed by atoms with van der Waals surface area (Å²) in [5.41, 5.74) is 2.20. The molecule has 5 heteroatoms. The monoisotopic (exact) mass is 445 g/mol. The van der Waals surface area contributed by atoms with Crippen molar-refractivity contribution in [1.29, 1.82) is 0 Å².